The molecule has 1 amide bonds. The van der Waals surface area contributed by atoms with Gasteiger partial charge in [0, 0.05) is 0 Å². The van der Waals surface area contributed by atoms with Crippen molar-refractivity contribution in [1.82, 2.24) is 4.90 Å². The molecule has 92 valence electrons. The van der Waals surface area contributed by atoms with Crippen LogP contribution in [-0.2, 0) is 4.79 Å². The minimum absolute atomic E-state index is 0.108. The van der Waals surface area contributed by atoms with E-state index in [0.29, 0.717) is 5.69 Å². The highest BCUT2D eigenvalue weighted by atomic mass is 16.4. The molecular formula is C12H16N2O3. The first-order valence-electron chi connectivity index (χ1n) is 5.18. The molecule has 0 fully saturated rings. The second kappa shape index (κ2) is 5.45. The summed E-state index contributed by atoms with van der Waals surface area (Å²) in [6.07, 6.45) is 0. The molecule has 5 nitrogen and oxygen atoms in total. The Morgan fingerprint density at radius 2 is 2.00 bits per heavy atom. The zero-order valence-electron chi connectivity index (χ0n) is 10.2. The van der Waals surface area contributed by atoms with Gasteiger partial charge in [-0.05, 0) is 33.2 Å². The molecular weight excluding hydrogens is 220 g/mol. The van der Waals surface area contributed by atoms with Crippen LogP contribution in [0.2, 0.25) is 0 Å². The minimum atomic E-state index is -1.05. The summed E-state index contributed by atoms with van der Waals surface area (Å²) in [5.41, 5.74) is 1.28. The van der Waals surface area contributed by atoms with Gasteiger partial charge in [0.25, 0.3) is 0 Å². The van der Waals surface area contributed by atoms with Crippen LogP contribution in [0.1, 0.15) is 15.9 Å². The number of hydrogen-bond donors (Lipinski definition) is 2. The number of carbonyl (C=O) groups excluding carboxylic acids is 1. The lowest BCUT2D eigenvalue weighted by Gasteiger charge is -2.12. The van der Waals surface area contributed by atoms with E-state index in [2.05, 4.69) is 5.32 Å². The molecule has 1 aromatic carbocycles. The Hall–Kier alpha value is -1.88. The third-order valence-electron chi connectivity index (χ3n) is 2.14. The summed E-state index contributed by atoms with van der Waals surface area (Å²) in [6, 6.07) is 4.90. The summed E-state index contributed by atoms with van der Waals surface area (Å²) in [4.78, 5) is 24.3. The van der Waals surface area contributed by atoms with Crippen LogP contribution >= 0.6 is 0 Å². The first-order valence-corrected chi connectivity index (χ1v) is 5.18. The van der Waals surface area contributed by atoms with Crippen molar-refractivity contribution in [3.8, 4) is 0 Å². The average Bonchev–Trinajstić information content (AvgIpc) is 2.19. The van der Waals surface area contributed by atoms with Gasteiger partial charge in [-0.1, -0.05) is 11.6 Å². The number of benzene rings is 1. The lowest BCUT2D eigenvalue weighted by atomic mass is 10.1. The number of carbonyl (C=O) groups is 2. The number of nitrogens with zero attached hydrogens (tertiary/aromatic N) is 1. The van der Waals surface area contributed by atoms with E-state index < -0.39 is 5.97 Å². The van der Waals surface area contributed by atoms with Gasteiger partial charge in [0.2, 0.25) is 5.91 Å². The normalized spacial score (nSPS) is 10.4. The van der Waals surface area contributed by atoms with Crippen molar-refractivity contribution < 1.29 is 14.7 Å². The molecule has 0 unspecified atom stereocenters. The van der Waals surface area contributed by atoms with Crippen LogP contribution < -0.4 is 5.32 Å². The standard InChI is InChI=1S/C12H16N2O3/c1-8-4-5-10(9(6-8)12(16)17)13-11(15)7-14(2)3/h4-6H,7H2,1-3H3,(H,13,15)(H,16,17). The second-order valence-corrected chi connectivity index (χ2v) is 4.14. The van der Waals surface area contributed by atoms with Gasteiger partial charge in [0.05, 0.1) is 17.8 Å². The zero-order valence-corrected chi connectivity index (χ0v) is 10.2. The van der Waals surface area contributed by atoms with Gasteiger partial charge in [0.15, 0.2) is 0 Å². The van der Waals surface area contributed by atoms with Crippen LogP contribution in [0.3, 0.4) is 0 Å². The van der Waals surface area contributed by atoms with Crippen molar-refractivity contribution in [3.05, 3.63) is 29.3 Å². The Bertz CT molecular complexity index is 441. The lowest BCUT2D eigenvalue weighted by Crippen LogP contribution is -2.27. The Morgan fingerprint density at radius 1 is 1.35 bits per heavy atom. The molecule has 1 rings (SSSR count). The SMILES string of the molecule is Cc1ccc(NC(=O)CN(C)C)c(C(=O)O)c1. The molecule has 0 bridgehead atoms. The maximum absolute atomic E-state index is 11.5. The summed E-state index contributed by atoms with van der Waals surface area (Å²) in [5.74, 6) is -1.28. The maximum Gasteiger partial charge on any atom is 0.337 e. The van der Waals surface area contributed by atoms with Gasteiger partial charge in [-0.25, -0.2) is 4.79 Å². The maximum atomic E-state index is 11.5. The number of carboxylic acid groups (broad SMARTS) is 1. The molecule has 2 N–H and O–H groups in total. The Balaban J connectivity index is 2.91. The molecule has 0 saturated carbocycles. The van der Waals surface area contributed by atoms with Gasteiger partial charge in [-0.3, -0.25) is 4.79 Å². The number of anilines is 1. The summed E-state index contributed by atoms with van der Waals surface area (Å²) >= 11 is 0. The first kappa shape index (κ1) is 13.2. The van der Waals surface area contributed by atoms with E-state index in [-0.39, 0.29) is 18.0 Å². The van der Waals surface area contributed by atoms with Crippen LogP contribution in [0.15, 0.2) is 18.2 Å². The van der Waals surface area contributed by atoms with Crippen LogP contribution in [-0.4, -0.2) is 42.5 Å². The summed E-state index contributed by atoms with van der Waals surface area (Å²) in [5, 5.41) is 11.6. The van der Waals surface area contributed by atoms with Crippen LogP contribution in [0, 0.1) is 6.92 Å². The molecule has 0 aliphatic carbocycles. The molecule has 0 spiro atoms. The van der Waals surface area contributed by atoms with Gasteiger partial charge >= 0.3 is 5.97 Å². The highest BCUT2D eigenvalue weighted by Gasteiger charge is 2.12. The summed E-state index contributed by atoms with van der Waals surface area (Å²) in [7, 11) is 3.54. The van der Waals surface area contributed by atoms with Crippen LogP contribution in [0.4, 0.5) is 5.69 Å². The Kier molecular flexibility index (Phi) is 4.23. The van der Waals surface area contributed by atoms with E-state index in [1.165, 1.54) is 6.07 Å². The van der Waals surface area contributed by atoms with E-state index in [1.54, 1.807) is 38.1 Å². The number of nitrogens with one attached hydrogen (secondary N) is 1. The molecule has 1 aromatic rings. The van der Waals surface area contributed by atoms with Crippen molar-refractivity contribution in [2.45, 2.75) is 6.92 Å². The predicted octanol–water partition coefficient (Wildman–Crippen LogP) is 1.19. The van der Waals surface area contributed by atoms with E-state index in [4.69, 9.17) is 5.11 Å². The van der Waals surface area contributed by atoms with Crippen molar-refractivity contribution >= 4 is 17.6 Å². The highest BCUT2D eigenvalue weighted by Crippen LogP contribution is 2.17. The van der Waals surface area contributed by atoms with E-state index in [0.717, 1.165) is 5.56 Å². The predicted molar refractivity (Wildman–Crippen MR) is 65.3 cm³/mol. The molecule has 0 saturated heterocycles. The number of likely N-dealkylation sites (N-methyl/N-ethyl adjacent to an activating group) is 1. The van der Waals surface area contributed by atoms with Crippen molar-refractivity contribution in [1.29, 1.82) is 0 Å². The van der Waals surface area contributed by atoms with Gasteiger partial charge in [-0.15, -0.1) is 0 Å². The van der Waals surface area contributed by atoms with Crippen LogP contribution in [0.25, 0.3) is 0 Å². The molecule has 17 heavy (non-hydrogen) atoms. The summed E-state index contributed by atoms with van der Waals surface area (Å²) in [6.45, 7) is 2.02. The Labute approximate surface area is 100 Å². The molecule has 0 aliphatic heterocycles. The summed E-state index contributed by atoms with van der Waals surface area (Å²) < 4.78 is 0. The number of carboxylic acids is 1. The number of amides is 1. The smallest absolute Gasteiger partial charge is 0.337 e. The van der Waals surface area contributed by atoms with Crippen molar-refractivity contribution in [2.75, 3.05) is 26.0 Å². The topological polar surface area (TPSA) is 69.6 Å². The molecule has 0 aliphatic rings. The lowest BCUT2D eigenvalue weighted by molar-refractivity contribution is -0.116. The van der Waals surface area contributed by atoms with Crippen molar-refractivity contribution in [3.63, 3.8) is 0 Å². The van der Waals surface area contributed by atoms with Crippen molar-refractivity contribution in [2.24, 2.45) is 0 Å². The van der Waals surface area contributed by atoms with Gasteiger partial charge in [-0.2, -0.15) is 0 Å². The highest BCUT2D eigenvalue weighted by molar-refractivity contribution is 6.01. The number of aryl methyl sites for hydroxylation is 1. The number of rotatable bonds is 4. The van der Waals surface area contributed by atoms with Gasteiger partial charge in [0.1, 0.15) is 0 Å². The first-order chi connectivity index (χ1) is 7.90. The van der Waals surface area contributed by atoms with E-state index >= 15 is 0 Å². The zero-order chi connectivity index (χ0) is 13.0. The third-order valence-corrected chi connectivity index (χ3v) is 2.14. The largest absolute Gasteiger partial charge is 0.478 e. The molecule has 0 atom stereocenters. The Morgan fingerprint density at radius 3 is 2.53 bits per heavy atom. The van der Waals surface area contributed by atoms with E-state index in [1.807, 2.05) is 0 Å². The second-order valence-electron chi connectivity index (χ2n) is 4.14. The molecule has 0 heterocycles. The fourth-order valence-electron chi connectivity index (χ4n) is 1.42. The monoisotopic (exact) mass is 236 g/mol. The minimum Gasteiger partial charge on any atom is -0.478 e. The number of aromatic carboxylic acids is 1. The molecule has 5 heteroatoms. The molecule has 0 radical (unpaired) electrons. The number of hydrogen-bond acceptors (Lipinski definition) is 3. The van der Waals surface area contributed by atoms with E-state index in [9.17, 15) is 9.59 Å². The third kappa shape index (κ3) is 3.88. The molecule has 0 aromatic heterocycles. The average molecular weight is 236 g/mol. The van der Waals surface area contributed by atoms with Gasteiger partial charge < -0.3 is 15.3 Å². The fraction of sp³-hybridized carbons (Fsp3) is 0.333. The van der Waals surface area contributed by atoms with Crippen LogP contribution in [0.5, 0.6) is 0 Å². The fourth-order valence-corrected chi connectivity index (χ4v) is 1.42. The quantitative estimate of drug-likeness (QED) is 0.824.